The third-order valence-corrected chi connectivity index (χ3v) is 5.26. The van der Waals surface area contributed by atoms with E-state index >= 15 is 0 Å². The van der Waals surface area contributed by atoms with Gasteiger partial charge < -0.3 is 4.42 Å². The SMILES string of the molecule is CC(C)(C)Cc1cc2c(ccc3c4ncnc(Cl)c4sc23)o1. The van der Waals surface area contributed by atoms with Crippen LogP contribution in [-0.2, 0) is 6.42 Å². The summed E-state index contributed by atoms with van der Waals surface area (Å²) in [4.78, 5) is 8.47. The van der Waals surface area contributed by atoms with Gasteiger partial charge in [0.2, 0.25) is 0 Å². The van der Waals surface area contributed by atoms with Gasteiger partial charge in [0.15, 0.2) is 0 Å². The van der Waals surface area contributed by atoms with E-state index in [-0.39, 0.29) is 5.41 Å². The van der Waals surface area contributed by atoms with Gasteiger partial charge in [0, 0.05) is 21.9 Å². The Bertz CT molecular complexity index is 1010. The van der Waals surface area contributed by atoms with Gasteiger partial charge in [0.25, 0.3) is 0 Å². The van der Waals surface area contributed by atoms with E-state index in [9.17, 15) is 0 Å². The molecule has 4 rings (SSSR count). The predicted molar refractivity (Wildman–Crippen MR) is 92.9 cm³/mol. The number of aromatic nitrogens is 2. The maximum Gasteiger partial charge on any atom is 0.150 e. The third-order valence-electron chi connectivity index (χ3n) is 3.63. The fraction of sp³-hybridized carbons (Fsp3) is 0.294. The van der Waals surface area contributed by atoms with E-state index in [1.165, 1.54) is 11.0 Å². The van der Waals surface area contributed by atoms with Crippen molar-refractivity contribution in [3.05, 3.63) is 35.4 Å². The zero-order valence-corrected chi connectivity index (χ0v) is 14.2. The standard InChI is InChI=1S/C17H15ClN2OS/c1-17(2,3)7-9-6-11-12(21-9)5-4-10-13-15(22-14(10)11)16(18)20-8-19-13/h4-6,8H,7H2,1-3H3. The lowest BCUT2D eigenvalue weighted by atomic mass is 9.91. The number of hydrogen-bond acceptors (Lipinski definition) is 4. The van der Waals surface area contributed by atoms with Crippen LogP contribution in [0, 0.1) is 5.41 Å². The Morgan fingerprint density at radius 3 is 2.73 bits per heavy atom. The first-order valence-corrected chi connectivity index (χ1v) is 8.36. The molecule has 0 unspecified atom stereocenters. The number of furan rings is 1. The molecule has 0 N–H and O–H groups in total. The fourth-order valence-corrected chi connectivity index (χ4v) is 4.18. The van der Waals surface area contributed by atoms with Crippen LogP contribution < -0.4 is 0 Å². The molecular formula is C17H15ClN2OS. The summed E-state index contributed by atoms with van der Waals surface area (Å²) in [7, 11) is 0. The molecule has 0 saturated carbocycles. The van der Waals surface area contributed by atoms with E-state index in [1.54, 1.807) is 11.3 Å². The minimum Gasteiger partial charge on any atom is -0.461 e. The van der Waals surface area contributed by atoms with Gasteiger partial charge in [-0.1, -0.05) is 32.4 Å². The summed E-state index contributed by atoms with van der Waals surface area (Å²) in [6, 6.07) is 6.23. The third kappa shape index (κ3) is 2.18. The number of rotatable bonds is 1. The first-order chi connectivity index (χ1) is 10.4. The lowest BCUT2D eigenvalue weighted by molar-refractivity contribution is 0.370. The summed E-state index contributed by atoms with van der Waals surface area (Å²) < 4.78 is 8.12. The highest BCUT2D eigenvalue weighted by Crippen LogP contribution is 2.40. The summed E-state index contributed by atoms with van der Waals surface area (Å²) in [5.41, 5.74) is 2.03. The number of nitrogens with zero attached hydrogens (tertiary/aromatic N) is 2. The van der Waals surface area contributed by atoms with Crippen molar-refractivity contribution in [2.24, 2.45) is 5.41 Å². The van der Waals surface area contributed by atoms with Crippen molar-refractivity contribution < 1.29 is 4.42 Å². The molecule has 4 aromatic rings. The maximum atomic E-state index is 6.21. The largest absolute Gasteiger partial charge is 0.461 e. The number of thiophene rings is 1. The molecule has 0 bridgehead atoms. The maximum absolute atomic E-state index is 6.21. The molecule has 0 atom stereocenters. The monoisotopic (exact) mass is 330 g/mol. The average Bonchev–Trinajstić information content (AvgIpc) is 2.97. The van der Waals surface area contributed by atoms with Crippen LogP contribution in [0.3, 0.4) is 0 Å². The van der Waals surface area contributed by atoms with Crippen molar-refractivity contribution in [3.8, 4) is 0 Å². The first kappa shape index (κ1) is 14.0. The van der Waals surface area contributed by atoms with Crippen LogP contribution in [0.1, 0.15) is 26.5 Å². The molecule has 0 amide bonds. The second-order valence-corrected chi connectivity index (χ2v) is 8.13. The summed E-state index contributed by atoms with van der Waals surface area (Å²) in [6.07, 6.45) is 2.43. The van der Waals surface area contributed by atoms with Gasteiger partial charge in [-0.25, -0.2) is 9.97 Å². The van der Waals surface area contributed by atoms with Crippen LogP contribution in [0.15, 0.2) is 28.9 Å². The van der Waals surface area contributed by atoms with E-state index in [0.717, 1.165) is 38.8 Å². The highest BCUT2D eigenvalue weighted by Gasteiger charge is 2.18. The Balaban J connectivity index is 2.02. The molecule has 0 spiro atoms. The number of benzene rings is 1. The Labute approximate surface area is 136 Å². The van der Waals surface area contributed by atoms with Crippen molar-refractivity contribution >= 4 is 54.2 Å². The fourth-order valence-electron chi connectivity index (χ4n) is 2.78. The summed E-state index contributed by atoms with van der Waals surface area (Å²) in [5, 5.41) is 2.76. The molecule has 22 heavy (non-hydrogen) atoms. The minimum absolute atomic E-state index is 0.196. The normalized spacial score (nSPS) is 12.7. The van der Waals surface area contributed by atoms with Gasteiger partial charge in [-0.15, -0.1) is 11.3 Å². The highest BCUT2D eigenvalue weighted by atomic mass is 35.5. The molecule has 3 aromatic heterocycles. The molecule has 0 fully saturated rings. The van der Waals surface area contributed by atoms with Crippen LogP contribution in [0.2, 0.25) is 5.15 Å². The van der Waals surface area contributed by atoms with Crippen molar-refractivity contribution in [2.45, 2.75) is 27.2 Å². The molecule has 1 aromatic carbocycles. The van der Waals surface area contributed by atoms with E-state index < -0.39 is 0 Å². The van der Waals surface area contributed by atoms with Gasteiger partial charge in [-0.3, -0.25) is 0 Å². The lowest BCUT2D eigenvalue weighted by Crippen LogP contribution is -2.08. The highest BCUT2D eigenvalue weighted by molar-refractivity contribution is 7.27. The quantitative estimate of drug-likeness (QED) is 0.412. The summed E-state index contributed by atoms with van der Waals surface area (Å²) in [6.45, 7) is 6.64. The molecular weight excluding hydrogens is 316 g/mol. The second kappa shape index (κ2) is 4.67. The smallest absolute Gasteiger partial charge is 0.150 e. The zero-order valence-electron chi connectivity index (χ0n) is 12.6. The van der Waals surface area contributed by atoms with E-state index in [1.807, 2.05) is 6.07 Å². The zero-order chi connectivity index (χ0) is 15.5. The van der Waals surface area contributed by atoms with Crippen molar-refractivity contribution in [3.63, 3.8) is 0 Å². The molecule has 0 aliphatic carbocycles. The van der Waals surface area contributed by atoms with Gasteiger partial charge >= 0.3 is 0 Å². The Hall–Kier alpha value is -1.65. The molecule has 0 saturated heterocycles. The molecule has 5 heteroatoms. The van der Waals surface area contributed by atoms with Crippen molar-refractivity contribution in [1.82, 2.24) is 9.97 Å². The van der Waals surface area contributed by atoms with Gasteiger partial charge in [0.1, 0.15) is 22.8 Å². The number of halogens is 1. The topological polar surface area (TPSA) is 38.9 Å². The van der Waals surface area contributed by atoms with E-state index in [4.69, 9.17) is 16.0 Å². The van der Waals surface area contributed by atoms with Gasteiger partial charge in [0.05, 0.1) is 10.2 Å². The van der Waals surface area contributed by atoms with Gasteiger partial charge in [-0.2, -0.15) is 0 Å². The van der Waals surface area contributed by atoms with E-state index in [2.05, 4.69) is 42.9 Å². The second-order valence-electron chi connectivity index (χ2n) is 6.75. The molecule has 112 valence electrons. The minimum atomic E-state index is 0.196. The van der Waals surface area contributed by atoms with Crippen molar-refractivity contribution in [1.29, 1.82) is 0 Å². The Morgan fingerprint density at radius 2 is 1.95 bits per heavy atom. The predicted octanol–water partition coefficient (Wildman–Crippen LogP) is 5.83. The molecule has 3 nitrogen and oxygen atoms in total. The molecule has 3 heterocycles. The molecule has 0 aliphatic rings. The summed E-state index contributed by atoms with van der Waals surface area (Å²) >= 11 is 7.84. The lowest BCUT2D eigenvalue weighted by Gasteiger charge is -2.15. The van der Waals surface area contributed by atoms with E-state index in [0.29, 0.717) is 5.15 Å². The van der Waals surface area contributed by atoms with Crippen LogP contribution in [0.25, 0.3) is 31.3 Å². The molecule has 0 radical (unpaired) electrons. The number of fused-ring (bicyclic) bond motifs is 5. The molecule has 0 aliphatic heterocycles. The Kier molecular flexibility index (Phi) is 2.97. The Morgan fingerprint density at radius 1 is 1.14 bits per heavy atom. The average molecular weight is 331 g/mol. The van der Waals surface area contributed by atoms with Crippen LogP contribution in [0.4, 0.5) is 0 Å². The van der Waals surface area contributed by atoms with Gasteiger partial charge in [-0.05, 0) is 23.6 Å². The van der Waals surface area contributed by atoms with Crippen LogP contribution in [0.5, 0.6) is 0 Å². The van der Waals surface area contributed by atoms with Crippen LogP contribution >= 0.6 is 22.9 Å². The van der Waals surface area contributed by atoms with Crippen molar-refractivity contribution in [2.75, 3.05) is 0 Å². The number of hydrogen-bond donors (Lipinski definition) is 0. The first-order valence-electron chi connectivity index (χ1n) is 7.16. The van der Waals surface area contributed by atoms with Crippen LogP contribution in [-0.4, -0.2) is 9.97 Å². The summed E-state index contributed by atoms with van der Waals surface area (Å²) in [5.74, 6) is 1.02.